The Bertz CT molecular complexity index is 820. The number of rotatable bonds is 14. The highest BCUT2D eigenvalue weighted by atomic mass is 16.6. The molecule has 3 rings (SSSR count). The number of allylic oxidation sites excluding steroid dienone is 4. The van der Waals surface area contributed by atoms with Crippen LogP contribution in [0.25, 0.3) is 0 Å². The molecule has 3 fully saturated rings. The molecule has 0 aromatic carbocycles. The lowest BCUT2D eigenvalue weighted by Crippen LogP contribution is -2.33. The molecule has 0 aromatic heterocycles. The summed E-state index contributed by atoms with van der Waals surface area (Å²) in [7, 11) is 0. The summed E-state index contributed by atoms with van der Waals surface area (Å²) >= 11 is 0. The molecule has 216 valence electrons. The summed E-state index contributed by atoms with van der Waals surface area (Å²) in [5.74, 6) is 2.40. The summed E-state index contributed by atoms with van der Waals surface area (Å²) in [6, 6.07) is 0. The molecule has 3 N–H and O–H groups in total. The normalized spacial score (nSPS) is 29.7. The van der Waals surface area contributed by atoms with Gasteiger partial charge in [0.2, 0.25) is 0 Å². The first kappa shape index (κ1) is 30.9. The molecule has 1 unspecified atom stereocenters. The van der Waals surface area contributed by atoms with Gasteiger partial charge in [0.15, 0.2) is 0 Å². The summed E-state index contributed by atoms with van der Waals surface area (Å²) in [4.78, 5) is 12.3. The first-order valence-electron chi connectivity index (χ1n) is 15.2. The van der Waals surface area contributed by atoms with E-state index in [1.54, 1.807) is 5.57 Å². The highest BCUT2D eigenvalue weighted by Gasteiger charge is 2.48. The van der Waals surface area contributed by atoms with Gasteiger partial charge < -0.3 is 25.3 Å². The number of nitrogens with one attached hydrogen (secondary N) is 1. The minimum absolute atomic E-state index is 0.107. The number of carbonyl (C=O) groups excluding carboxylic acids is 1. The van der Waals surface area contributed by atoms with Crippen molar-refractivity contribution in [3.8, 4) is 0 Å². The third-order valence-corrected chi connectivity index (χ3v) is 9.09. The van der Waals surface area contributed by atoms with Gasteiger partial charge >= 0.3 is 6.09 Å². The quantitative estimate of drug-likeness (QED) is 0.244. The standard InChI is InChI=1S/C32H54N2O4/c1-24(2)7-5-9-28-13-15-30-26(8-6-16-32(28,30)4)11-12-27-23-29(14-10-25(27)3)38-31(35)34-18-20-37-22-21-36-19-17-33/h11-12,24,28-30H,3,5-10,13-23,33H2,1-2,4H3,(H,34,35)/b26-11+,27-12-/t28?,29-,30-,32+/m0/s1. The second-order valence-corrected chi connectivity index (χ2v) is 12.3. The van der Waals surface area contributed by atoms with Crippen LogP contribution < -0.4 is 11.1 Å². The van der Waals surface area contributed by atoms with E-state index in [1.807, 2.05) is 0 Å². The van der Waals surface area contributed by atoms with Crippen LogP contribution in [0.3, 0.4) is 0 Å². The molecule has 0 heterocycles. The molecule has 0 aliphatic heterocycles. The van der Waals surface area contributed by atoms with Gasteiger partial charge in [0.05, 0.1) is 26.4 Å². The van der Waals surface area contributed by atoms with Crippen LogP contribution in [0.15, 0.2) is 35.5 Å². The Morgan fingerprint density at radius 3 is 2.68 bits per heavy atom. The minimum Gasteiger partial charge on any atom is -0.446 e. The number of nitrogens with two attached hydrogens (primary N) is 1. The predicted octanol–water partition coefficient (Wildman–Crippen LogP) is 6.71. The molecule has 0 saturated heterocycles. The molecule has 6 heteroatoms. The summed E-state index contributed by atoms with van der Waals surface area (Å²) in [5, 5.41) is 2.79. The van der Waals surface area contributed by atoms with Crippen molar-refractivity contribution in [1.29, 1.82) is 0 Å². The van der Waals surface area contributed by atoms with Gasteiger partial charge in [-0.1, -0.05) is 63.5 Å². The molecular weight excluding hydrogens is 476 g/mol. The van der Waals surface area contributed by atoms with E-state index in [-0.39, 0.29) is 12.2 Å². The van der Waals surface area contributed by atoms with Gasteiger partial charge in [-0.25, -0.2) is 4.79 Å². The van der Waals surface area contributed by atoms with Gasteiger partial charge in [-0.3, -0.25) is 0 Å². The van der Waals surface area contributed by atoms with E-state index in [2.05, 4.69) is 44.8 Å². The van der Waals surface area contributed by atoms with Crippen LogP contribution in [0.5, 0.6) is 0 Å². The smallest absolute Gasteiger partial charge is 0.407 e. The Balaban J connectivity index is 1.47. The lowest BCUT2D eigenvalue weighted by Gasteiger charge is -2.42. The Labute approximate surface area is 231 Å². The second-order valence-electron chi connectivity index (χ2n) is 12.3. The average Bonchev–Trinajstić information content (AvgIpc) is 3.22. The first-order valence-corrected chi connectivity index (χ1v) is 15.2. The molecule has 0 spiro atoms. The number of hydrogen-bond acceptors (Lipinski definition) is 5. The lowest BCUT2D eigenvalue weighted by molar-refractivity contribution is 0.0493. The summed E-state index contributed by atoms with van der Waals surface area (Å²) in [6.45, 7) is 14.5. The van der Waals surface area contributed by atoms with Gasteiger partial charge in [0, 0.05) is 19.5 Å². The first-order chi connectivity index (χ1) is 18.3. The molecule has 0 aromatic rings. The molecule has 6 nitrogen and oxygen atoms in total. The molecule has 4 atom stereocenters. The maximum atomic E-state index is 12.3. The molecule has 3 saturated carbocycles. The Kier molecular flexibility index (Phi) is 12.9. The number of alkyl carbamates (subject to hydrolysis) is 1. The van der Waals surface area contributed by atoms with E-state index in [0.29, 0.717) is 44.9 Å². The van der Waals surface area contributed by atoms with E-state index >= 15 is 0 Å². The van der Waals surface area contributed by atoms with Crippen molar-refractivity contribution in [2.24, 2.45) is 28.9 Å². The van der Waals surface area contributed by atoms with Gasteiger partial charge in [-0.05, 0) is 80.1 Å². The SMILES string of the molecule is C=C1CC[C@H](OC(=O)NCCOCCOCCN)C/C1=C/C=C1\CCC[C@]2(C)C(CCCC(C)C)CC[C@@H]12. The van der Waals surface area contributed by atoms with Gasteiger partial charge in [-0.15, -0.1) is 0 Å². The maximum absolute atomic E-state index is 12.3. The molecule has 3 aliphatic carbocycles. The largest absolute Gasteiger partial charge is 0.446 e. The van der Waals surface area contributed by atoms with Crippen LogP contribution >= 0.6 is 0 Å². The van der Waals surface area contributed by atoms with Crippen molar-refractivity contribution >= 4 is 6.09 Å². The van der Waals surface area contributed by atoms with Gasteiger partial charge in [0.1, 0.15) is 6.10 Å². The fourth-order valence-electron chi connectivity index (χ4n) is 6.90. The van der Waals surface area contributed by atoms with Crippen LogP contribution in [0.4, 0.5) is 4.79 Å². The molecule has 38 heavy (non-hydrogen) atoms. The van der Waals surface area contributed by atoms with Crippen molar-refractivity contribution < 1.29 is 19.0 Å². The minimum atomic E-state index is -0.374. The van der Waals surface area contributed by atoms with E-state index in [0.717, 1.165) is 37.0 Å². The maximum Gasteiger partial charge on any atom is 0.407 e. The summed E-state index contributed by atoms with van der Waals surface area (Å²) in [6.07, 6.45) is 17.4. The molecule has 0 radical (unpaired) electrons. The van der Waals surface area contributed by atoms with Gasteiger partial charge in [-0.2, -0.15) is 0 Å². The number of hydrogen-bond donors (Lipinski definition) is 2. The van der Waals surface area contributed by atoms with E-state index in [4.69, 9.17) is 19.9 Å². The van der Waals surface area contributed by atoms with Crippen LogP contribution in [0, 0.1) is 23.2 Å². The second kappa shape index (κ2) is 15.8. The Morgan fingerprint density at radius 2 is 1.92 bits per heavy atom. The highest BCUT2D eigenvalue weighted by Crippen LogP contribution is 2.58. The number of amides is 1. The molecule has 3 aliphatic rings. The Morgan fingerprint density at radius 1 is 1.13 bits per heavy atom. The zero-order valence-electron chi connectivity index (χ0n) is 24.4. The van der Waals surface area contributed by atoms with Crippen LogP contribution in [-0.4, -0.2) is 51.7 Å². The predicted molar refractivity (Wildman–Crippen MR) is 155 cm³/mol. The zero-order chi connectivity index (χ0) is 27.4. The molecule has 1 amide bonds. The zero-order valence-corrected chi connectivity index (χ0v) is 24.4. The van der Waals surface area contributed by atoms with Crippen molar-refractivity contribution in [1.82, 2.24) is 5.32 Å². The summed E-state index contributed by atoms with van der Waals surface area (Å²) in [5.41, 5.74) is 9.90. The summed E-state index contributed by atoms with van der Waals surface area (Å²) < 4.78 is 16.4. The monoisotopic (exact) mass is 530 g/mol. The topological polar surface area (TPSA) is 82.8 Å². The third kappa shape index (κ3) is 9.24. The van der Waals surface area contributed by atoms with Crippen molar-refractivity contribution in [3.63, 3.8) is 0 Å². The third-order valence-electron chi connectivity index (χ3n) is 9.09. The fourth-order valence-corrected chi connectivity index (χ4v) is 6.90. The van der Waals surface area contributed by atoms with Crippen LogP contribution in [-0.2, 0) is 14.2 Å². The van der Waals surface area contributed by atoms with Crippen LogP contribution in [0.2, 0.25) is 0 Å². The number of carbonyl (C=O) groups is 1. The molecular formula is C32H54N2O4. The average molecular weight is 531 g/mol. The number of fused-ring (bicyclic) bond motifs is 1. The lowest BCUT2D eigenvalue weighted by atomic mass is 9.62. The van der Waals surface area contributed by atoms with Gasteiger partial charge in [0.25, 0.3) is 0 Å². The van der Waals surface area contributed by atoms with Crippen molar-refractivity contribution in [2.45, 2.75) is 97.5 Å². The van der Waals surface area contributed by atoms with Crippen molar-refractivity contribution in [2.75, 3.05) is 39.5 Å². The Hall–Kier alpha value is -1.63. The van der Waals surface area contributed by atoms with E-state index < -0.39 is 0 Å². The van der Waals surface area contributed by atoms with E-state index in [9.17, 15) is 4.79 Å². The van der Waals surface area contributed by atoms with Crippen LogP contribution in [0.1, 0.15) is 91.4 Å². The fraction of sp³-hybridized carbons (Fsp3) is 0.781. The highest BCUT2D eigenvalue weighted by molar-refractivity contribution is 5.67. The van der Waals surface area contributed by atoms with E-state index in [1.165, 1.54) is 62.5 Å². The van der Waals surface area contributed by atoms with Crippen molar-refractivity contribution in [3.05, 3.63) is 35.5 Å². The number of ether oxygens (including phenoxy) is 3. The molecule has 0 bridgehead atoms.